The largest absolute Gasteiger partial charge is 0.494 e. The Morgan fingerprint density at radius 2 is 1.72 bits per heavy atom. The van der Waals surface area contributed by atoms with Gasteiger partial charge >= 0.3 is 13.3 Å². The van der Waals surface area contributed by atoms with Gasteiger partial charge in [-0.25, -0.2) is 0 Å². The van der Waals surface area contributed by atoms with Crippen LogP contribution in [0.25, 0.3) is 0 Å². The fourth-order valence-electron chi connectivity index (χ4n) is 4.62. The van der Waals surface area contributed by atoms with Gasteiger partial charge in [0.25, 0.3) is 0 Å². The van der Waals surface area contributed by atoms with Crippen molar-refractivity contribution >= 4 is 24.1 Å². The van der Waals surface area contributed by atoms with E-state index in [9.17, 15) is 22.8 Å². The van der Waals surface area contributed by atoms with Crippen molar-refractivity contribution in [2.45, 2.75) is 76.7 Å². The molecular formula is C23H28BF3O5. The molecule has 1 atom stereocenters. The Labute approximate surface area is 186 Å². The molecule has 1 aromatic rings. The van der Waals surface area contributed by atoms with Crippen LogP contribution in [0.1, 0.15) is 64.0 Å². The summed E-state index contributed by atoms with van der Waals surface area (Å²) in [5.74, 6) is -2.27. The first-order chi connectivity index (χ1) is 14.7. The minimum absolute atomic E-state index is 0.0803. The lowest BCUT2D eigenvalue weighted by Crippen LogP contribution is -2.52. The number of alkyl halides is 3. The van der Waals surface area contributed by atoms with Crippen molar-refractivity contribution in [3.63, 3.8) is 0 Å². The van der Waals surface area contributed by atoms with Crippen molar-refractivity contribution in [2.75, 3.05) is 13.2 Å². The Morgan fingerprint density at radius 1 is 1.09 bits per heavy atom. The molecule has 0 radical (unpaired) electrons. The second-order valence-corrected chi connectivity index (χ2v) is 10.3. The number of carbonyl (C=O) groups is 2. The van der Waals surface area contributed by atoms with E-state index in [0.717, 1.165) is 29.4 Å². The van der Waals surface area contributed by atoms with Crippen molar-refractivity contribution in [1.82, 2.24) is 0 Å². The van der Waals surface area contributed by atoms with Crippen LogP contribution in [0.4, 0.5) is 13.2 Å². The van der Waals surface area contributed by atoms with E-state index in [-0.39, 0.29) is 31.3 Å². The molecular weight excluding hydrogens is 424 g/mol. The summed E-state index contributed by atoms with van der Waals surface area (Å²) >= 11 is 0. The van der Waals surface area contributed by atoms with Crippen LogP contribution in [0.2, 0.25) is 0 Å². The number of ether oxygens (including phenoxy) is 1. The molecule has 9 heteroatoms. The molecule has 0 bridgehead atoms. The van der Waals surface area contributed by atoms with Crippen LogP contribution < -0.4 is 5.46 Å². The van der Waals surface area contributed by atoms with Crippen LogP contribution in [-0.2, 0) is 30.1 Å². The van der Waals surface area contributed by atoms with Crippen molar-refractivity contribution in [1.29, 1.82) is 0 Å². The second kappa shape index (κ2) is 7.67. The van der Waals surface area contributed by atoms with E-state index < -0.39 is 42.1 Å². The maximum Gasteiger partial charge on any atom is 0.494 e. The van der Waals surface area contributed by atoms with Crippen molar-refractivity contribution in [2.24, 2.45) is 5.41 Å². The van der Waals surface area contributed by atoms with Crippen LogP contribution in [0, 0.1) is 5.41 Å². The Balaban J connectivity index is 1.46. The number of halogens is 3. The minimum Gasteiger partial charge on any atom is -0.399 e. The van der Waals surface area contributed by atoms with Gasteiger partial charge in [0.2, 0.25) is 5.78 Å². The lowest BCUT2D eigenvalue weighted by molar-refractivity contribution is -0.186. The van der Waals surface area contributed by atoms with E-state index in [2.05, 4.69) is 0 Å². The number of fused-ring (bicyclic) bond motifs is 1. The van der Waals surface area contributed by atoms with Crippen LogP contribution in [-0.4, -0.2) is 49.3 Å². The van der Waals surface area contributed by atoms with Crippen LogP contribution in [0.5, 0.6) is 0 Å². The molecule has 0 spiro atoms. The zero-order valence-electron chi connectivity index (χ0n) is 18.8. The first-order valence-electron chi connectivity index (χ1n) is 10.9. The average Bonchev–Trinajstić information content (AvgIpc) is 3.13. The van der Waals surface area contributed by atoms with Gasteiger partial charge in [0.15, 0.2) is 0 Å². The molecule has 0 N–H and O–H groups in total. The number of Topliss-reactive ketones (excluding diaryl/α,β-unsaturated/α-hetero) is 2. The topological polar surface area (TPSA) is 61.8 Å². The van der Waals surface area contributed by atoms with Crippen LogP contribution in [0.15, 0.2) is 18.2 Å². The van der Waals surface area contributed by atoms with Gasteiger partial charge in [-0.1, -0.05) is 18.2 Å². The first kappa shape index (κ1) is 23.5. The predicted octanol–water partition coefficient (Wildman–Crippen LogP) is 3.51. The standard InChI is InChI=1S/C23H28BF3O5/c1-20(2)21(3,4)32-24(31-20)16-7-8-17-14(9-16)5-6-15(17)10-18(28)22(12-30-13-22)11-19(29)23(25,26)27/h7-9,15H,5-6,10-13H2,1-4H3/t15-/m1/s1. The normalized spacial score (nSPS) is 25.3. The number of benzene rings is 1. The Hall–Kier alpha value is -1.71. The van der Waals surface area contributed by atoms with Gasteiger partial charge in [0.1, 0.15) is 5.78 Å². The number of carbonyl (C=O) groups excluding carboxylic acids is 2. The third-order valence-corrected chi connectivity index (χ3v) is 7.49. The lowest BCUT2D eigenvalue weighted by atomic mass is 9.73. The maximum atomic E-state index is 13.0. The zero-order chi connectivity index (χ0) is 23.5. The number of aryl methyl sites for hydroxylation is 1. The highest BCUT2D eigenvalue weighted by molar-refractivity contribution is 6.62. The summed E-state index contributed by atoms with van der Waals surface area (Å²) in [6.45, 7) is 7.70. The summed E-state index contributed by atoms with van der Waals surface area (Å²) in [6.07, 6.45) is -4.16. The van der Waals surface area contributed by atoms with E-state index in [4.69, 9.17) is 14.0 Å². The number of ketones is 2. The molecule has 1 aromatic carbocycles. The average molecular weight is 452 g/mol. The molecule has 2 saturated heterocycles. The van der Waals surface area contributed by atoms with Crippen molar-refractivity contribution < 1.29 is 36.8 Å². The molecule has 1 aliphatic carbocycles. The molecule has 0 aromatic heterocycles. The summed E-state index contributed by atoms with van der Waals surface area (Å²) in [6, 6.07) is 5.93. The highest BCUT2D eigenvalue weighted by atomic mass is 19.4. The second-order valence-electron chi connectivity index (χ2n) is 10.3. The highest BCUT2D eigenvalue weighted by Crippen LogP contribution is 2.42. The summed E-state index contributed by atoms with van der Waals surface area (Å²) in [5, 5.41) is 0. The quantitative estimate of drug-likeness (QED) is 0.619. The molecule has 2 heterocycles. The number of hydrogen-bond acceptors (Lipinski definition) is 5. The van der Waals surface area contributed by atoms with Gasteiger partial charge in [-0.3, -0.25) is 9.59 Å². The summed E-state index contributed by atoms with van der Waals surface area (Å²) in [4.78, 5) is 24.5. The highest BCUT2D eigenvalue weighted by Gasteiger charge is 2.53. The Kier molecular flexibility index (Phi) is 5.62. The smallest absolute Gasteiger partial charge is 0.399 e. The molecule has 0 unspecified atom stereocenters. The van der Waals surface area contributed by atoms with E-state index in [1.165, 1.54) is 0 Å². The van der Waals surface area contributed by atoms with Gasteiger partial charge in [0.05, 0.1) is 29.8 Å². The minimum atomic E-state index is -4.94. The van der Waals surface area contributed by atoms with E-state index >= 15 is 0 Å². The van der Waals surface area contributed by atoms with Crippen LogP contribution in [0.3, 0.4) is 0 Å². The fourth-order valence-corrected chi connectivity index (χ4v) is 4.62. The third kappa shape index (κ3) is 4.03. The number of rotatable bonds is 6. The molecule has 0 amide bonds. The molecule has 174 valence electrons. The third-order valence-electron chi connectivity index (χ3n) is 7.49. The van der Waals surface area contributed by atoms with Crippen molar-refractivity contribution in [3.8, 4) is 0 Å². The molecule has 3 aliphatic rings. The maximum absolute atomic E-state index is 13.0. The molecule has 32 heavy (non-hydrogen) atoms. The van der Waals surface area contributed by atoms with Gasteiger partial charge < -0.3 is 14.0 Å². The lowest BCUT2D eigenvalue weighted by Gasteiger charge is -2.40. The van der Waals surface area contributed by atoms with Gasteiger partial charge in [-0.05, 0) is 63.0 Å². The molecule has 5 nitrogen and oxygen atoms in total. The summed E-state index contributed by atoms with van der Waals surface area (Å²) in [5.41, 5.74) is 0.792. The number of hydrogen-bond donors (Lipinski definition) is 0. The zero-order valence-corrected chi connectivity index (χ0v) is 18.8. The SMILES string of the molecule is CC1(C)OB(c2ccc3c(c2)CC[C@@H]3CC(=O)C2(CC(=O)C(F)(F)F)COC2)OC1(C)C. The van der Waals surface area contributed by atoms with Crippen LogP contribution >= 0.6 is 0 Å². The Morgan fingerprint density at radius 3 is 2.25 bits per heavy atom. The summed E-state index contributed by atoms with van der Waals surface area (Å²) < 4.78 is 55.5. The first-order valence-corrected chi connectivity index (χ1v) is 10.9. The molecule has 2 fully saturated rings. The predicted molar refractivity (Wildman–Crippen MR) is 112 cm³/mol. The Bertz CT molecular complexity index is 920. The van der Waals surface area contributed by atoms with E-state index in [1.807, 2.05) is 45.9 Å². The van der Waals surface area contributed by atoms with E-state index in [0.29, 0.717) is 0 Å². The van der Waals surface area contributed by atoms with Gasteiger partial charge in [-0.15, -0.1) is 0 Å². The van der Waals surface area contributed by atoms with E-state index in [1.54, 1.807) is 0 Å². The van der Waals surface area contributed by atoms with Crippen molar-refractivity contribution in [3.05, 3.63) is 29.3 Å². The van der Waals surface area contributed by atoms with Gasteiger partial charge in [-0.2, -0.15) is 13.2 Å². The molecule has 0 saturated carbocycles. The molecule has 2 aliphatic heterocycles. The molecule has 4 rings (SSSR count). The monoisotopic (exact) mass is 452 g/mol. The summed E-state index contributed by atoms with van der Waals surface area (Å²) in [7, 11) is -0.477. The fraction of sp³-hybridized carbons (Fsp3) is 0.652. The van der Waals surface area contributed by atoms with Gasteiger partial charge in [0, 0.05) is 12.8 Å².